The van der Waals surface area contributed by atoms with E-state index in [4.69, 9.17) is 0 Å². The van der Waals surface area contributed by atoms with Gasteiger partial charge in [0.15, 0.2) is 11.6 Å². The highest BCUT2D eigenvalue weighted by Gasteiger charge is 2.25. The van der Waals surface area contributed by atoms with E-state index in [1.807, 2.05) is 69.3 Å². The molecular weight excluding hydrogens is 496 g/mol. The van der Waals surface area contributed by atoms with Crippen LogP contribution in [0.25, 0.3) is 28.3 Å². The summed E-state index contributed by atoms with van der Waals surface area (Å²) in [6, 6.07) is 15.5. The molecule has 0 radical (unpaired) electrons. The highest BCUT2D eigenvalue weighted by molar-refractivity contribution is 5.84. The summed E-state index contributed by atoms with van der Waals surface area (Å²) >= 11 is 0. The zero-order valence-corrected chi connectivity index (χ0v) is 22.4. The molecule has 5 aromatic rings. The van der Waals surface area contributed by atoms with Crippen LogP contribution in [0.1, 0.15) is 50.9 Å². The first-order chi connectivity index (χ1) is 18.7. The molecule has 10 nitrogen and oxygen atoms in total. The molecule has 0 saturated carbocycles. The van der Waals surface area contributed by atoms with Crippen molar-refractivity contribution in [1.82, 2.24) is 29.3 Å². The summed E-state index contributed by atoms with van der Waals surface area (Å²) in [6.45, 7) is 7.51. The van der Waals surface area contributed by atoms with Gasteiger partial charge in [0.1, 0.15) is 6.33 Å². The number of nitrogens with zero attached hydrogens (tertiary/aromatic N) is 5. The number of Topliss-reactive ketones (excluding diaryl/α,β-unsaturated/α-hetero) is 1. The van der Waals surface area contributed by atoms with Crippen LogP contribution in [0.4, 0.5) is 0 Å². The highest BCUT2D eigenvalue weighted by atomic mass is 16.5. The smallest absolute Gasteiger partial charge is 0.297 e. The molecule has 200 valence electrons. The maximum Gasteiger partial charge on any atom is 0.439 e. The highest BCUT2D eigenvalue weighted by Crippen LogP contribution is 2.30. The third-order valence-electron chi connectivity index (χ3n) is 6.77. The van der Waals surface area contributed by atoms with Gasteiger partial charge in [0, 0.05) is 23.0 Å². The summed E-state index contributed by atoms with van der Waals surface area (Å²) in [5, 5.41) is 8.23. The number of aromatic amines is 1. The third-order valence-corrected chi connectivity index (χ3v) is 6.77. The lowest BCUT2D eigenvalue weighted by Gasteiger charge is -2.19. The van der Waals surface area contributed by atoms with Crippen LogP contribution in [0, 0.1) is 5.41 Å². The van der Waals surface area contributed by atoms with E-state index in [0.29, 0.717) is 30.0 Å². The Morgan fingerprint density at radius 1 is 1.03 bits per heavy atom. The fourth-order valence-corrected chi connectivity index (χ4v) is 4.60. The molecule has 0 aliphatic rings. The van der Waals surface area contributed by atoms with Gasteiger partial charge in [0.05, 0.1) is 12.2 Å². The molecule has 1 N–H and O–H groups in total. The van der Waals surface area contributed by atoms with E-state index in [1.165, 1.54) is 10.9 Å². The molecule has 0 amide bonds. The largest absolute Gasteiger partial charge is 0.439 e. The van der Waals surface area contributed by atoms with Gasteiger partial charge in [-0.1, -0.05) is 87.8 Å². The third kappa shape index (κ3) is 5.09. The number of carbonyl (C=O) groups is 1. The first-order valence-electron chi connectivity index (χ1n) is 12.9. The lowest BCUT2D eigenvalue weighted by Crippen LogP contribution is -2.35. The van der Waals surface area contributed by atoms with Crippen LogP contribution in [-0.4, -0.2) is 35.1 Å². The first kappa shape index (κ1) is 26.0. The summed E-state index contributed by atoms with van der Waals surface area (Å²) in [6.07, 6.45) is 3.28. The molecular formula is C29H30N6O4. The summed E-state index contributed by atoms with van der Waals surface area (Å²) in [4.78, 5) is 45.1. The van der Waals surface area contributed by atoms with Gasteiger partial charge in [-0.05, 0) is 23.1 Å². The quantitative estimate of drug-likeness (QED) is 0.323. The molecule has 0 spiro atoms. The van der Waals surface area contributed by atoms with Gasteiger partial charge in [0.25, 0.3) is 5.56 Å². The van der Waals surface area contributed by atoms with E-state index >= 15 is 0 Å². The van der Waals surface area contributed by atoms with Crippen LogP contribution < -0.4 is 11.3 Å². The van der Waals surface area contributed by atoms with Gasteiger partial charge < -0.3 is 0 Å². The summed E-state index contributed by atoms with van der Waals surface area (Å²) in [7, 11) is 0. The maximum atomic E-state index is 13.8. The Hall–Kier alpha value is -4.60. The Bertz CT molecular complexity index is 1770. The van der Waals surface area contributed by atoms with E-state index in [2.05, 4.69) is 31.7 Å². The predicted molar refractivity (Wildman–Crippen MR) is 147 cm³/mol. The Morgan fingerprint density at radius 2 is 1.74 bits per heavy atom. The molecule has 39 heavy (non-hydrogen) atoms. The lowest BCUT2D eigenvalue weighted by molar-refractivity contribution is -0.126. The van der Waals surface area contributed by atoms with Crippen molar-refractivity contribution in [2.24, 2.45) is 5.41 Å². The van der Waals surface area contributed by atoms with Gasteiger partial charge in [-0.3, -0.25) is 23.7 Å². The van der Waals surface area contributed by atoms with Crippen LogP contribution in [0.15, 0.2) is 69.0 Å². The molecule has 0 fully saturated rings. The molecule has 2 aromatic carbocycles. The molecule has 0 unspecified atom stereocenters. The van der Waals surface area contributed by atoms with Gasteiger partial charge in [-0.15, -0.1) is 0 Å². The maximum absolute atomic E-state index is 13.8. The van der Waals surface area contributed by atoms with E-state index in [1.54, 1.807) is 4.52 Å². The minimum Gasteiger partial charge on any atom is -0.297 e. The number of aryl methyl sites for hydroxylation is 1. The SMILES string of the molecule is CCCc1c(Cc2ccc(-c3ccccc3-c3noc(=O)[nH]3)cc2)c(=O)n(CC(=O)C(C)(C)C)c2ncnn12. The number of carbonyl (C=O) groups excluding carboxylic acids is 1. The van der Waals surface area contributed by atoms with Crippen LogP contribution in [0.2, 0.25) is 0 Å². The average molecular weight is 527 g/mol. The van der Waals surface area contributed by atoms with Gasteiger partial charge in [-0.25, -0.2) is 9.31 Å². The van der Waals surface area contributed by atoms with Crippen molar-refractivity contribution in [2.75, 3.05) is 0 Å². The van der Waals surface area contributed by atoms with Gasteiger partial charge >= 0.3 is 5.76 Å². The normalized spacial score (nSPS) is 11.8. The van der Waals surface area contributed by atoms with E-state index < -0.39 is 11.2 Å². The van der Waals surface area contributed by atoms with Crippen LogP contribution in [0.3, 0.4) is 0 Å². The number of rotatable bonds is 8. The monoisotopic (exact) mass is 526 g/mol. The van der Waals surface area contributed by atoms with Crippen molar-refractivity contribution in [2.45, 2.75) is 53.5 Å². The Balaban J connectivity index is 1.54. The zero-order chi connectivity index (χ0) is 27.7. The Labute approximate surface area is 224 Å². The van der Waals surface area contributed by atoms with Crippen molar-refractivity contribution in [3.05, 3.63) is 92.6 Å². The first-order valence-corrected chi connectivity index (χ1v) is 12.9. The Kier molecular flexibility index (Phi) is 6.86. The molecule has 0 bridgehead atoms. The van der Waals surface area contributed by atoms with Gasteiger partial charge in [0.2, 0.25) is 5.78 Å². The Morgan fingerprint density at radius 3 is 2.38 bits per heavy atom. The predicted octanol–water partition coefficient (Wildman–Crippen LogP) is 4.06. The summed E-state index contributed by atoms with van der Waals surface area (Å²) in [5.74, 6) is 0.0652. The molecule has 3 aromatic heterocycles. The van der Waals surface area contributed by atoms with Crippen molar-refractivity contribution in [1.29, 1.82) is 0 Å². The summed E-state index contributed by atoms with van der Waals surface area (Å²) < 4.78 is 7.83. The molecule has 0 aliphatic carbocycles. The van der Waals surface area contributed by atoms with Crippen molar-refractivity contribution >= 4 is 11.6 Å². The topological polar surface area (TPSA) is 128 Å². The second-order valence-corrected chi connectivity index (χ2v) is 10.6. The average Bonchev–Trinajstić information content (AvgIpc) is 3.57. The van der Waals surface area contributed by atoms with E-state index in [-0.39, 0.29) is 17.9 Å². The van der Waals surface area contributed by atoms with Crippen LogP contribution in [-0.2, 0) is 24.2 Å². The zero-order valence-electron chi connectivity index (χ0n) is 22.4. The minimum absolute atomic E-state index is 0.0554. The second kappa shape index (κ2) is 10.3. The molecule has 0 aliphatic heterocycles. The standard InChI is InChI=1S/C29H30N6O4/c1-5-8-23-22(26(37)34(16-24(36)29(2,3)4)27-30-17-31-35(23)27)15-18-11-13-19(14-12-18)20-9-6-7-10-21(20)25-32-28(38)39-33-25/h6-7,9-14,17H,5,8,15-16H2,1-4H3,(H,32,33,38). The lowest BCUT2D eigenvalue weighted by atomic mass is 9.91. The number of benzene rings is 2. The van der Waals surface area contributed by atoms with Gasteiger partial charge in [-0.2, -0.15) is 10.1 Å². The molecule has 0 atom stereocenters. The van der Waals surface area contributed by atoms with E-state index in [0.717, 1.165) is 34.4 Å². The number of hydrogen-bond donors (Lipinski definition) is 1. The number of ketones is 1. The summed E-state index contributed by atoms with van der Waals surface area (Å²) in [5.41, 5.74) is 4.08. The second-order valence-electron chi connectivity index (χ2n) is 10.6. The van der Waals surface area contributed by atoms with Crippen molar-refractivity contribution in [3.63, 3.8) is 0 Å². The molecule has 0 saturated heterocycles. The minimum atomic E-state index is -0.614. The fourth-order valence-electron chi connectivity index (χ4n) is 4.60. The fraction of sp³-hybridized carbons (Fsp3) is 0.310. The van der Waals surface area contributed by atoms with Crippen LogP contribution in [0.5, 0.6) is 0 Å². The van der Waals surface area contributed by atoms with E-state index in [9.17, 15) is 14.4 Å². The number of fused-ring (bicyclic) bond motifs is 1. The number of hydrogen-bond acceptors (Lipinski definition) is 7. The number of H-pyrrole nitrogens is 1. The molecule has 3 heterocycles. The van der Waals surface area contributed by atoms with Crippen molar-refractivity contribution < 1.29 is 9.32 Å². The molecule has 10 heteroatoms. The number of nitrogens with one attached hydrogen (secondary N) is 1. The van der Waals surface area contributed by atoms with Crippen LogP contribution >= 0.6 is 0 Å². The molecule has 5 rings (SSSR count). The number of aromatic nitrogens is 6. The van der Waals surface area contributed by atoms with Crippen molar-refractivity contribution in [3.8, 4) is 22.5 Å².